The lowest BCUT2D eigenvalue weighted by molar-refractivity contribution is 0.339. The van der Waals surface area contributed by atoms with Crippen LogP contribution in [-0.4, -0.2) is 23.3 Å². The van der Waals surface area contributed by atoms with Crippen LogP contribution in [0.5, 0.6) is 5.75 Å². The fourth-order valence-corrected chi connectivity index (χ4v) is 2.99. The number of aromatic nitrogens is 1. The van der Waals surface area contributed by atoms with Gasteiger partial charge in [-0.25, -0.2) is 0 Å². The first kappa shape index (κ1) is 11.6. The molecule has 0 aromatic carbocycles. The molecule has 16 heavy (non-hydrogen) atoms. The molecule has 0 aliphatic carbocycles. The van der Waals surface area contributed by atoms with E-state index in [0.717, 1.165) is 15.6 Å². The van der Waals surface area contributed by atoms with Gasteiger partial charge in [-0.1, -0.05) is 21.6 Å². The van der Waals surface area contributed by atoms with Crippen molar-refractivity contribution in [2.24, 2.45) is 0 Å². The van der Waals surface area contributed by atoms with Gasteiger partial charge in [0.2, 0.25) is 0 Å². The minimum atomic E-state index is 0.102. The number of ether oxygens (including phenoxy) is 1. The molecule has 0 amide bonds. The summed E-state index contributed by atoms with van der Waals surface area (Å²) in [5.41, 5.74) is 0. The third-order valence-corrected chi connectivity index (χ3v) is 4.45. The molecular formula is C11H11NO2S2. The van der Waals surface area contributed by atoms with E-state index in [1.807, 2.05) is 24.3 Å². The highest BCUT2D eigenvalue weighted by atomic mass is 33.1. The summed E-state index contributed by atoms with van der Waals surface area (Å²) in [6.07, 6.45) is 7.30. The maximum atomic E-state index is 8.91. The zero-order valence-electron chi connectivity index (χ0n) is 8.50. The average molecular weight is 253 g/mol. The van der Waals surface area contributed by atoms with Crippen LogP contribution >= 0.6 is 21.6 Å². The van der Waals surface area contributed by atoms with Gasteiger partial charge in [0.15, 0.2) is 0 Å². The van der Waals surface area contributed by atoms with Crippen molar-refractivity contribution >= 4 is 21.6 Å². The maximum absolute atomic E-state index is 8.91. The molecule has 0 atom stereocenters. The van der Waals surface area contributed by atoms with Gasteiger partial charge in [0.1, 0.15) is 12.4 Å². The molecule has 1 aromatic heterocycles. The average Bonchev–Trinajstić information content (AvgIpc) is 2.38. The summed E-state index contributed by atoms with van der Waals surface area (Å²) in [6, 6.07) is 3.72. The first-order valence-electron chi connectivity index (χ1n) is 4.76. The summed E-state index contributed by atoms with van der Waals surface area (Å²) in [4.78, 5) is 6.07. The van der Waals surface area contributed by atoms with Crippen molar-refractivity contribution in [2.45, 2.75) is 0 Å². The van der Waals surface area contributed by atoms with E-state index in [2.05, 4.69) is 4.98 Å². The van der Waals surface area contributed by atoms with Gasteiger partial charge in [-0.2, -0.15) is 0 Å². The summed E-state index contributed by atoms with van der Waals surface area (Å²) in [5, 5.41) is 8.91. The van der Waals surface area contributed by atoms with Gasteiger partial charge < -0.3 is 9.84 Å². The smallest absolute Gasteiger partial charge is 0.138 e. The third-order valence-electron chi connectivity index (χ3n) is 1.88. The molecule has 1 aliphatic heterocycles. The first-order valence-corrected chi connectivity index (χ1v) is 6.91. The van der Waals surface area contributed by atoms with E-state index in [1.165, 1.54) is 0 Å². The van der Waals surface area contributed by atoms with Gasteiger partial charge in [-0.3, -0.25) is 4.98 Å². The minimum absolute atomic E-state index is 0.102. The number of rotatable bonds is 4. The van der Waals surface area contributed by atoms with E-state index >= 15 is 0 Å². The molecule has 1 aromatic rings. The summed E-state index contributed by atoms with van der Waals surface area (Å²) < 4.78 is 5.56. The summed E-state index contributed by atoms with van der Waals surface area (Å²) in [5.74, 6) is 0.769. The lowest BCUT2D eigenvalue weighted by Gasteiger charge is -2.12. The van der Waals surface area contributed by atoms with Crippen molar-refractivity contribution < 1.29 is 9.84 Å². The molecule has 1 N–H and O–H groups in total. The van der Waals surface area contributed by atoms with Crippen LogP contribution in [0.4, 0.5) is 0 Å². The number of pyridine rings is 1. The molecule has 2 rings (SSSR count). The lowest BCUT2D eigenvalue weighted by atomic mass is 10.4. The number of aliphatic hydroxyl groups excluding tert-OH is 1. The highest BCUT2D eigenvalue weighted by Gasteiger charge is 2.07. The Morgan fingerprint density at radius 2 is 2.06 bits per heavy atom. The zero-order valence-corrected chi connectivity index (χ0v) is 10.1. The molecule has 0 fully saturated rings. The molecule has 3 nitrogen and oxygen atoms in total. The van der Waals surface area contributed by atoms with Crippen LogP contribution in [-0.2, 0) is 0 Å². The normalized spacial score (nSPS) is 15.3. The molecule has 0 saturated heterocycles. The molecule has 1 aliphatic rings. The van der Waals surface area contributed by atoms with Gasteiger partial charge >= 0.3 is 0 Å². The van der Waals surface area contributed by atoms with Crippen molar-refractivity contribution in [2.75, 3.05) is 13.2 Å². The Morgan fingerprint density at radius 3 is 2.69 bits per heavy atom. The van der Waals surface area contributed by atoms with E-state index in [9.17, 15) is 0 Å². The van der Waals surface area contributed by atoms with Crippen LogP contribution in [0.15, 0.2) is 46.5 Å². The van der Waals surface area contributed by atoms with Crippen molar-refractivity contribution in [1.29, 1.82) is 0 Å². The van der Waals surface area contributed by atoms with Crippen molar-refractivity contribution in [1.82, 2.24) is 4.98 Å². The number of hydrogen-bond donors (Lipinski definition) is 1. The summed E-state index contributed by atoms with van der Waals surface area (Å²) >= 11 is 0. The van der Waals surface area contributed by atoms with Crippen LogP contribution < -0.4 is 4.74 Å². The number of allylic oxidation sites excluding steroid dienone is 2. The molecular weight excluding hydrogens is 242 g/mol. The zero-order chi connectivity index (χ0) is 11.2. The monoisotopic (exact) mass is 253 g/mol. The molecule has 0 spiro atoms. The predicted molar refractivity (Wildman–Crippen MR) is 68.2 cm³/mol. The Morgan fingerprint density at radius 1 is 1.25 bits per heavy atom. The Labute approximate surface area is 102 Å². The Kier molecular flexibility index (Phi) is 4.33. The largest absolute Gasteiger partial charge is 0.487 e. The molecule has 0 unspecified atom stereocenters. The second kappa shape index (κ2) is 5.98. The van der Waals surface area contributed by atoms with Crippen LogP contribution in [0.1, 0.15) is 0 Å². The van der Waals surface area contributed by atoms with Crippen LogP contribution in [0, 0.1) is 0 Å². The summed E-state index contributed by atoms with van der Waals surface area (Å²) in [6.45, 7) is 0.642. The molecule has 2 heterocycles. The van der Waals surface area contributed by atoms with Crippen molar-refractivity contribution in [3.8, 4) is 5.75 Å². The molecule has 0 bridgehead atoms. The fourth-order valence-electron chi connectivity index (χ4n) is 1.09. The molecule has 5 heteroatoms. The number of aliphatic hydroxyl groups is 1. The highest BCUT2D eigenvalue weighted by Crippen LogP contribution is 2.39. The minimum Gasteiger partial charge on any atom is -0.487 e. The second-order valence-corrected chi connectivity index (χ2v) is 5.45. The van der Waals surface area contributed by atoms with Gasteiger partial charge in [0.05, 0.1) is 12.8 Å². The topological polar surface area (TPSA) is 42.4 Å². The van der Waals surface area contributed by atoms with Crippen molar-refractivity contribution in [3.05, 3.63) is 46.5 Å². The van der Waals surface area contributed by atoms with Crippen LogP contribution in [0.25, 0.3) is 0 Å². The lowest BCUT2D eigenvalue weighted by Crippen LogP contribution is -2.00. The molecule has 0 saturated carbocycles. The molecule has 0 radical (unpaired) electrons. The van der Waals surface area contributed by atoms with E-state index in [4.69, 9.17) is 9.84 Å². The Hall–Kier alpha value is -0.910. The van der Waals surface area contributed by atoms with Crippen LogP contribution in [0.3, 0.4) is 0 Å². The summed E-state index contributed by atoms with van der Waals surface area (Å²) in [7, 11) is 3.19. The van der Waals surface area contributed by atoms with Crippen molar-refractivity contribution in [3.63, 3.8) is 0 Å². The predicted octanol–water partition coefficient (Wildman–Crippen LogP) is 2.62. The number of hydrogen-bond acceptors (Lipinski definition) is 5. The van der Waals surface area contributed by atoms with E-state index in [0.29, 0.717) is 6.61 Å². The Bertz CT molecular complexity index is 404. The van der Waals surface area contributed by atoms with E-state index in [1.54, 1.807) is 34.0 Å². The van der Waals surface area contributed by atoms with Gasteiger partial charge in [0, 0.05) is 16.0 Å². The van der Waals surface area contributed by atoms with E-state index < -0.39 is 0 Å². The second-order valence-electron chi connectivity index (χ2n) is 3.07. The quantitative estimate of drug-likeness (QED) is 0.835. The standard InChI is InChI=1S/C11H11NO2S2/c13-7-10-3-4-11(16-15-10)8-14-9-2-1-5-12-6-9/h1-6,13H,7-8H2. The highest BCUT2D eigenvalue weighted by molar-refractivity contribution is 8.79. The van der Waals surface area contributed by atoms with Crippen LogP contribution in [0.2, 0.25) is 0 Å². The maximum Gasteiger partial charge on any atom is 0.138 e. The fraction of sp³-hybridized carbons (Fsp3) is 0.182. The SMILES string of the molecule is OCC1=CC=C(COc2cccnc2)SS1. The third kappa shape index (κ3) is 3.30. The first-order chi connectivity index (χ1) is 7.88. The van der Waals surface area contributed by atoms with Gasteiger partial charge in [-0.15, -0.1) is 0 Å². The number of nitrogens with zero attached hydrogens (tertiary/aromatic N) is 1. The van der Waals surface area contributed by atoms with E-state index in [-0.39, 0.29) is 6.61 Å². The van der Waals surface area contributed by atoms with Gasteiger partial charge in [0.25, 0.3) is 0 Å². The Balaban J connectivity index is 1.88. The van der Waals surface area contributed by atoms with Gasteiger partial charge in [-0.05, 0) is 24.3 Å². The molecule has 84 valence electrons.